The second kappa shape index (κ2) is 14.8. The smallest absolute Gasteiger partial charge is 0.329 e. The fourth-order valence-corrected chi connectivity index (χ4v) is 8.88. The van der Waals surface area contributed by atoms with E-state index in [9.17, 15) is 24.3 Å². The van der Waals surface area contributed by atoms with Gasteiger partial charge in [-0.25, -0.2) is 14.8 Å². The summed E-state index contributed by atoms with van der Waals surface area (Å²) < 4.78 is 4.05. The number of benzene rings is 2. The molecular formula is C40H43N7O5S. The summed E-state index contributed by atoms with van der Waals surface area (Å²) in [6, 6.07) is 8.75. The summed E-state index contributed by atoms with van der Waals surface area (Å²) in [5.41, 5.74) is 2.75. The monoisotopic (exact) mass is 733 g/mol. The van der Waals surface area contributed by atoms with Crippen LogP contribution in [0.2, 0.25) is 0 Å². The number of anilines is 1. The molecule has 5 aromatic rings. The highest BCUT2D eigenvalue weighted by atomic mass is 32.1. The van der Waals surface area contributed by atoms with Gasteiger partial charge in [0.05, 0.1) is 62.6 Å². The minimum Gasteiger partial charge on any atom is -0.386 e. The highest BCUT2D eigenvalue weighted by molar-refractivity contribution is 7.18. The van der Waals surface area contributed by atoms with Crippen molar-refractivity contribution in [1.29, 1.82) is 0 Å². The van der Waals surface area contributed by atoms with E-state index < -0.39 is 17.6 Å². The fourth-order valence-electron chi connectivity index (χ4n) is 7.72. The highest BCUT2D eigenvalue weighted by Crippen LogP contribution is 2.41. The Labute approximate surface area is 311 Å². The molecular weight excluding hydrogens is 691 g/mol. The molecule has 2 aliphatic carbocycles. The van der Waals surface area contributed by atoms with Crippen molar-refractivity contribution in [2.45, 2.75) is 76.4 Å². The lowest BCUT2D eigenvalue weighted by Crippen LogP contribution is -2.34. The van der Waals surface area contributed by atoms with Crippen LogP contribution in [0.15, 0.2) is 53.7 Å². The van der Waals surface area contributed by atoms with Crippen molar-refractivity contribution < 1.29 is 19.5 Å². The standard InChI is InChI=1S/C40H43N7O5S/c1-40(2,52)28-20-30-35(21-29(28)43-37(50)31-22-41-16-17-42-31)53-38(44-30)26-12-10-24(11-13-26)23-45(3)18-6-8-25-7-5-9-33-36(25)46(4)39(51)47(33)32-15-14-27(48)19-34(32)49/h5,7,9,16-17,20-22,24,26,32,52H,10-15,18-19,23H2,1-4H3,(H,43,50). The summed E-state index contributed by atoms with van der Waals surface area (Å²) in [7, 11) is 3.78. The molecule has 53 heavy (non-hydrogen) atoms. The first kappa shape index (κ1) is 36.3. The van der Waals surface area contributed by atoms with Crippen LogP contribution in [-0.4, -0.2) is 71.7 Å². The molecule has 1 amide bonds. The second-order valence-corrected chi connectivity index (χ2v) is 15.9. The maximum absolute atomic E-state index is 13.3. The number of ketones is 2. The summed E-state index contributed by atoms with van der Waals surface area (Å²) in [4.78, 5) is 66.0. The van der Waals surface area contributed by atoms with Gasteiger partial charge in [0.15, 0.2) is 5.78 Å². The Kier molecular flexibility index (Phi) is 10.1. The van der Waals surface area contributed by atoms with Crippen LogP contribution in [0.5, 0.6) is 0 Å². The molecule has 2 N–H and O–H groups in total. The van der Waals surface area contributed by atoms with Gasteiger partial charge in [-0.15, -0.1) is 11.3 Å². The van der Waals surface area contributed by atoms with Crippen molar-refractivity contribution in [1.82, 2.24) is 29.0 Å². The van der Waals surface area contributed by atoms with Gasteiger partial charge in [-0.2, -0.15) is 0 Å². The van der Waals surface area contributed by atoms with E-state index >= 15 is 0 Å². The second-order valence-electron chi connectivity index (χ2n) is 14.9. The summed E-state index contributed by atoms with van der Waals surface area (Å²) in [5, 5.41) is 15.0. The van der Waals surface area contributed by atoms with E-state index in [2.05, 4.69) is 39.1 Å². The van der Waals surface area contributed by atoms with E-state index in [-0.39, 0.29) is 29.4 Å². The maximum atomic E-state index is 13.3. The number of carbonyl (C=O) groups is 3. The molecule has 0 radical (unpaired) electrons. The van der Waals surface area contributed by atoms with Crippen LogP contribution in [0, 0.1) is 17.8 Å². The molecule has 0 bridgehead atoms. The van der Waals surface area contributed by atoms with Gasteiger partial charge in [0.2, 0.25) is 0 Å². The van der Waals surface area contributed by atoms with Crippen molar-refractivity contribution in [3.05, 3.63) is 81.2 Å². The number of amides is 1. The van der Waals surface area contributed by atoms with Gasteiger partial charge < -0.3 is 10.4 Å². The molecule has 2 fully saturated rings. The topological polar surface area (TPSA) is 152 Å². The predicted octanol–water partition coefficient (Wildman–Crippen LogP) is 5.34. The Balaban J connectivity index is 0.985. The average molecular weight is 734 g/mol. The minimum absolute atomic E-state index is 0.0714. The molecule has 2 saturated carbocycles. The van der Waals surface area contributed by atoms with Gasteiger partial charge in [0.1, 0.15) is 11.5 Å². The number of fused-ring (bicyclic) bond motifs is 2. The van der Waals surface area contributed by atoms with Gasteiger partial charge >= 0.3 is 5.69 Å². The van der Waals surface area contributed by atoms with E-state index in [1.54, 1.807) is 41.4 Å². The molecule has 3 aromatic heterocycles. The van der Waals surface area contributed by atoms with Crippen molar-refractivity contribution in [2.24, 2.45) is 13.0 Å². The number of Topliss-reactive ketones (excluding diaryl/α,β-unsaturated/α-hetero) is 2. The number of aliphatic hydroxyl groups is 1. The summed E-state index contributed by atoms with van der Waals surface area (Å²) in [6.07, 6.45) is 9.13. The van der Waals surface area contributed by atoms with Gasteiger partial charge in [0.25, 0.3) is 5.91 Å². The summed E-state index contributed by atoms with van der Waals surface area (Å²) >= 11 is 1.64. The number of aromatic nitrogens is 5. The van der Waals surface area contributed by atoms with Crippen molar-refractivity contribution in [3.8, 4) is 11.8 Å². The summed E-state index contributed by atoms with van der Waals surface area (Å²) in [5.74, 6) is 6.80. The van der Waals surface area contributed by atoms with E-state index in [0.29, 0.717) is 53.5 Å². The molecule has 12 nitrogen and oxygen atoms in total. The zero-order valence-corrected chi connectivity index (χ0v) is 31.2. The number of imidazole rings is 1. The van der Waals surface area contributed by atoms with Gasteiger partial charge in [-0.3, -0.25) is 33.4 Å². The molecule has 0 saturated heterocycles. The molecule has 2 aliphatic rings. The van der Waals surface area contributed by atoms with Crippen LogP contribution in [0.4, 0.5) is 5.69 Å². The zero-order chi connectivity index (χ0) is 37.4. The third-order valence-electron chi connectivity index (χ3n) is 10.4. The Morgan fingerprint density at radius 1 is 1.11 bits per heavy atom. The van der Waals surface area contributed by atoms with E-state index in [1.807, 2.05) is 30.3 Å². The van der Waals surface area contributed by atoms with Gasteiger partial charge in [0, 0.05) is 49.6 Å². The number of rotatable bonds is 8. The highest BCUT2D eigenvalue weighted by Gasteiger charge is 2.32. The molecule has 1 atom stereocenters. The maximum Gasteiger partial charge on any atom is 0.329 e. The number of para-hydroxylation sites is 1. The first-order valence-electron chi connectivity index (χ1n) is 18.0. The van der Waals surface area contributed by atoms with E-state index in [0.717, 1.165) is 53.0 Å². The third-order valence-corrected chi connectivity index (χ3v) is 11.6. The van der Waals surface area contributed by atoms with Crippen LogP contribution < -0.4 is 11.0 Å². The normalized spacial score (nSPS) is 19.5. The van der Waals surface area contributed by atoms with Crippen LogP contribution in [0.3, 0.4) is 0 Å². The van der Waals surface area contributed by atoms with E-state index in [4.69, 9.17) is 4.98 Å². The SMILES string of the molecule is CN(CC#Cc1cccc2c1n(C)c(=O)n2C1CCC(=O)CC1=O)CC1CCC(c2nc3cc(C(C)(C)O)c(NC(=O)c4cnccn4)cc3s2)CC1. The van der Waals surface area contributed by atoms with Crippen LogP contribution in [-0.2, 0) is 22.2 Å². The zero-order valence-electron chi connectivity index (χ0n) is 30.4. The molecule has 274 valence electrons. The van der Waals surface area contributed by atoms with Crippen molar-refractivity contribution in [3.63, 3.8) is 0 Å². The largest absolute Gasteiger partial charge is 0.386 e. The lowest BCUT2D eigenvalue weighted by Gasteiger charge is -2.29. The Hall–Kier alpha value is -5.03. The molecule has 2 aromatic carbocycles. The van der Waals surface area contributed by atoms with E-state index in [1.165, 1.54) is 18.6 Å². The first-order valence-corrected chi connectivity index (χ1v) is 18.9. The van der Waals surface area contributed by atoms with Crippen LogP contribution >= 0.6 is 11.3 Å². The predicted molar refractivity (Wildman–Crippen MR) is 204 cm³/mol. The third kappa shape index (κ3) is 7.58. The Morgan fingerprint density at radius 3 is 2.62 bits per heavy atom. The molecule has 0 spiro atoms. The fraction of sp³-hybridized carbons (Fsp3) is 0.425. The quantitative estimate of drug-likeness (QED) is 0.159. The number of aryl methyl sites for hydroxylation is 1. The molecule has 13 heteroatoms. The lowest BCUT2D eigenvalue weighted by atomic mass is 9.82. The number of nitrogens with zero attached hydrogens (tertiary/aromatic N) is 6. The van der Waals surface area contributed by atoms with Crippen LogP contribution in [0.25, 0.3) is 21.3 Å². The van der Waals surface area contributed by atoms with Gasteiger partial charge in [-0.1, -0.05) is 17.9 Å². The van der Waals surface area contributed by atoms with Gasteiger partial charge in [-0.05, 0) is 83.2 Å². The Morgan fingerprint density at radius 2 is 1.91 bits per heavy atom. The number of hydrogen-bond acceptors (Lipinski definition) is 10. The molecule has 3 heterocycles. The Bertz CT molecular complexity index is 2340. The average Bonchev–Trinajstić information content (AvgIpc) is 3.66. The molecule has 1 unspecified atom stereocenters. The lowest BCUT2D eigenvalue weighted by molar-refractivity contribution is -0.132. The number of carbonyl (C=O) groups excluding carboxylic acids is 3. The number of nitrogens with one attached hydrogen (secondary N) is 1. The molecule has 0 aliphatic heterocycles. The van der Waals surface area contributed by atoms with Crippen LogP contribution in [0.1, 0.15) is 97.4 Å². The number of thiazole rings is 1. The minimum atomic E-state index is -1.20. The van der Waals surface area contributed by atoms with Crippen molar-refractivity contribution >= 4 is 55.7 Å². The van der Waals surface area contributed by atoms with Crippen molar-refractivity contribution in [2.75, 3.05) is 25.5 Å². The summed E-state index contributed by atoms with van der Waals surface area (Å²) in [6.45, 7) is 4.88. The molecule has 7 rings (SSSR count). The first-order chi connectivity index (χ1) is 25.4. The number of hydrogen-bond donors (Lipinski definition) is 2.